The molecule has 1 atom stereocenters. The molecule has 0 saturated heterocycles. The van der Waals surface area contributed by atoms with Gasteiger partial charge in [0.25, 0.3) is 11.5 Å². The van der Waals surface area contributed by atoms with Crippen LogP contribution >= 0.6 is 0 Å². The summed E-state index contributed by atoms with van der Waals surface area (Å²) in [5, 5.41) is 20.7. The number of aryl methyl sites for hydroxylation is 4. The summed E-state index contributed by atoms with van der Waals surface area (Å²) in [6, 6.07) is 6.81. The molecule has 51 heavy (non-hydrogen) atoms. The third-order valence-electron chi connectivity index (χ3n) is 8.45. The van der Waals surface area contributed by atoms with E-state index in [1.807, 2.05) is 26.2 Å². The van der Waals surface area contributed by atoms with E-state index in [0.717, 1.165) is 35.4 Å². The van der Waals surface area contributed by atoms with Crippen LogP contribution in [-0.2, 0) is 29.1 Å². The molecule has 4 aromatic rings. The van der Waals surface area contributed by atoms with E-state index in [2.05, 4.69) is 31.5 Å². The van der Waals surface area contributed by atoms with Crippen molar-refractivity contribution in [2.24, 2.45) is 0 Å². The van der Waals surface area contributed by atoms with Gasteiger partial charge in [0.2, 0.25) is 0 Å². The molecular weight excluding hydrogens is 674 g/mol. The van der Waals surface area contributed by atoms with Gasteiger partial charge in [0.15, 0.2) is 8.32 Å². The lowest BCUT2D eigenvalue weighted by Crippen LogP contribution is -2.41. The second-order valence-electron chi connectivity index (χ2n) is 13.4. The highest BCUT2D eigenvalue weighted by molar-refractivity contribution is 6.69. The zero-order chi connectivity index (χ0) is 37.3. The number of carboxylic acid groups (broad SMARTS) is 1. The largest absolute Gasteiger partial charge is 0.480 e. The Morgan fingerprint density at radius 2 is 1.92 bits per heavy atom. The van der Waals surface area contributed by atoms with Crippen molar-refractivity contribution in [3.63, 3.8) is 0 Å². The molecule has 0 radical (unpaired) electrons. The van der Waals surface area contributed by atoms with Gasteiger partial charge in [0.05, 0.1) is 28.7 Å². The van der Waals surface area contributed by atoms with Gasteiger partial charge in [-0.15, -0.1) is 11.5 Å². The SMILES string of the molecule is C#CCN(Cc1cc2c(=O)[nH]c(C)nc2cc1C)c1ccc(C(=O)N[C@@H](CCC(=O)CCCc2cn(CCC[Si](C)(C)O)nn2)C(=O)O)c(F)c1. The van der Waals surface area contributed by atoms with Crippen LogP contribution in [-0.4, -0.2) is 73.4 Å². The minimum atomic E-state index is -2.11. The van der Waals surface area contributed by atoms with Crippen LogP contribution < -0.4 is 15.8 Å². The van der Waals surface area contributed by atoms with Crippen molar-refractivity contribution >= 4 is 42.6 Å². The predicted molar refractivity (Wildman–Crippen MR) is 193 cm³/mol. The number of hydrogen-bond acceptors (Lipinski definition) is 9. The standard InChI is InChI=1S/C36H44FN7O6Si/c1-6-15-43(21-25-19-30-33(18-23(25)2)38-24(3)39-35(30)47)27-11-13-29(31(37)20-27)34(46)40-32(36(48)49)14-12-28(45)10-7-9-26-22-44(42-41-26)16-8-17-51(4,5)50/h1,11,13,18-20,22,32,50H,7-10,12,14-17,21H2,2-5H3,(H,40,46)(H,48,49)(H,38,39,47)/t32-/m0/s1. The summed E-state index contributed by atoms with van der Waals surface area (Å²) in [4.78, 5) is 68.8. The van der Waals surface area contributed by atoms with Crippen molar-refractivity contribution in [3.8, 4) is 12.3 Å². The van der Waals surface area contributed by atoms with E-state index in [9.17, 15) is 29.1 Å². The Balaban J connectivity index is 1.32. The topological polar surface area (TPSA) is 183 Å². The summed E-state index contributed by atoms with van der Waals surface area (Å²) >= 11 is 0. The molecule has 0 spiro atoms. The van der Waals surface area contributed by atoms with Crippen LogP contribution in [0.4, 0.5) is 10.1 Å². The number of fused-ring (bicyclic) bond motifs is 1. The van der Waals surface area contributed by atoms with Crippen LogP contribution in [0, 0.1) is 32.0 Å². The maximum absolute atomic E-state index is 15.4. The number of H-pyrrole nitrogens is 1. The van der Waals surface area contributed by atoms with Crippen molar-refractivity contribution in [2.75, 3.05) is 11.4 Å². The Labute approximate surface area is 296 Å². The number of nitrogens with one attached hydrogen (secondary N) is 2. The molecule has 0 bridgehead atoms. The number of anilines is 1. The normalized spacial score (nSPS) is 12.0. The molecule has 0 fully saturated rings. The molecule has 0 saturated carbocycles. The Hall–Kier alpha value is -5.20. The Kier molecular flexibility index (Phi) is 13.0. The van der Waals surface area contributed by atoms with Gasteiger partial charge in [-0.05, 0) is 100 Å². The second kappa shape index (κ2) is 17.1. The zero-order valence-corrected chi connectivity index (χ0v) is 30.3. The summed E-state index contributed by atoms with van der Waals surface area (Å²) in [5.41, 5.74) is 2.68. The average molecular weight is 718 g/mol. The molecule has 270 valence electrons. The molecule has 0 unspecified atom stereocenters. The van der Waals surface area contributed by atoms with Crippen molar-refractivity contribution < 1.29 is 28.7 Å². The number of hydrogen-bond donors (Lipinski definition) is 4. The lowest BCUT2D eigenvalue weighted by atomic mass is 10.0. The number of amides is 1. The van der Waals surface area contributed by atoms with E-state index in [4.69, 9.17) is 6.42 Å². The molecule has 0 aliphatic rings. The summed E-state index contributed by atoms with van der Waals surface area (Å²) in [5.74, 6) is -0.266. The summed E-state index contributed by atoms with van der Waals surface area (Å²) < 4.78 is 17.1. The van der Waals surface area contributed by atoms with E-state index in [1.165, 1.54) is 12.1 Å². The number of Topliss-reactive ketones (excluding diaryl/α,β-unsaturated/α-hetero) is 1. The average Bonchev–Trinajstić information content (AvgIpc) is 3.49. The number of aromatic amines is 1. The highest BCUT2D eigenvalue weighted by Gasteiger charge is 2.24. The molecule has 0 aliphatic carbocycles. The number of aromatic nitrogens is 5. The van der Waals surface area contributed by atoms with E-state index >= 15 is 4.39 Å². The minimum absolute atomic E-state index is 0.0804. The number of carbonyl (C=O) groups excluding carboxylic acids is 2. The fourth-order valence-electron chi connectivity index (χ4n) is 5.69. The first-order valence-corrected chi connectivity index (χ1v) is 19.9. The van der Waals surface area contributed by atoms with Gasteiger partial charge in [-0.3, -0.25) is 19.1 Å². The van der Waals surface area contributed by atoms with Crippen LogP contribution in [0.1, 0.15) is 65.1 Å². The van der Waals surface area contributed by atoms with Crippen LogP contribution in [0.15, 0.2) is 41.3 Å². The van der Waals surface area contributed by atoms with Gasteiger partial charge < -0.3 is 25.1 Å². The number of ketones is 1. The number of rotatable bonds is 18. The van der Waals surface area contributed by atoms with Gasteiger partial charge in [-0.1, -0.05) is 11.1 Å². The van der Waals surface area contributed by atoms with Gasteiger partial charge in [0, 0.05) is 37.8 Å². The molecule has 0 aliphatic heterocycles. The molecule has 4 N–H and O–H groups in total. The molecule has 1 amide bonds. The fourth-order valence-corrected chi connectivity index (χ4v) is 6.71. The summed E-state index contributed by atoms with van der Waals surface area (Å²) in [6.07, 6.45) is 9.23. The van der Waals surface area contributed by atoms with Gasteiger partial charge in [0.1, 0.15) is 23.5 Å². The number of halogens is 1. The van der Waals surface area contributed by atoms with Gasteiger partial charge >= 0.3 is 5.97 Å². The third-order valence-corrected chi connectivity index (χ3v) is 10.0. The lowest BCUT2D eigenvalue weighted by molar-refractivity contribution is -0.139. The fraction of sp³-hybridized carbons (Fsp3) is 0.417. The van der Waals surface area contributed by atoms with Gasteiger partial charge in [-0.25, -0.2) is 14.2 Å². The monoisotopic (exact) mass is 717 g/mol. The highest BCUT2D eigenvalue weighted by Crippen LogP contribution is 2.24. The molecule has 2 aromatic heterocycles. The maximum Gasteiger partial charge on any atom is 0.326 e. The molecule has 2 aromatic carbocycles. The smallest absolute Gasteiger partial charge is 0.326 e. The number of nitrogens with zero attached hydrogens (tertiary/aromatic N) is 5. The second-order valence-corrected chi connectivity index (χ2v) is 17.5. The number of benzene rings is 2. The first kappa shape index (κ1) is 38.6. The minimum Gasteiger partial charge on any atom is -0.480 e. The predicted octanol–water partition coefficient (Wildman–Crippen LogP) is 4.05. The van der Waals surface area contributed by atoms with Crippen LogP contribution in [0.3, 0.4) is 0 Å². The number of terminal acetylenes is 1. The first-order valence-electron chi connectivity index (χ1n) is 16.8. The van der Waals surface area contributed by atoms with E-state index in [-0.39, 0.29) is 49.3 Å². The molecule has 2 heterocycles. The summed E-state index contributed by atoms with van der Waals surface area (Å²) in [7, 11) is -2.11. The lowest BCUT2D eigenvalue weighted by Gasteiger charge is -2.24. The molecule has 15 heteroatoms. The quantitative estimate of drug-likeness (QED) is 0.0865. The van der Waals surface area contributed by atoms with Crippen molar-refractivity contribution in [3.05, 3.63) is 80.9 Å². The third kappa shape index (κ3) is 11.1. The van der Waals surface area contributed by atoms with Crippen molar-refractivity contribution in [1.29, 1.82) is 0 Å². The Morgan fingerprint density at radius 1 is 1.16 bits per heavy atom. The van der Waals surface area contributed by atoms with Gasteiger partial charge in [-0.2, -0.15) is 0 Å². The number of aliphatic carboxylic acids is 1. The maximum atomic E-state index is 15.4. The van der Waals surface area contributed by atoms with Crippen LogP contribution in [0.5, 0.6) is 0 Å². The first-order chi connectivity index (χ1) is 24.1. The molecule has 4 rings (SSSR count). The molecular formula is C36H44FN7O6Si. The number of carbonyl (C=O) groups is 3. The van der Waals surface area contributed by atoms with Crippen molar-refractivity contribution in [2.45, 2.75) is 90.6 Å². The summed E-state index contributed by atoms with van der Waals surface area (Å²) in [6.45, 7) is 8.35. The van der Waals surface area contributed by atoms with Crippen LogP contribution in [0.2, 0.25) is 19.1 Å². The Morgan fingerprint density at radius 3 is 2.61 bits per heavy atom. The zero-order valence-electron chi connectivity index (χ0n) is 29.3. The Bertz CT molecular complexity index is 2000. The van der Waals surface area contributed by atoms with E-state index < -0.39 is 32.1 Å². The molecule has 13 nitrogen and oxygen atoms in total. The highest BCUT2D eigenvalue weighted by atomic mass is 28.4. The van der Waals surface area contributed by atoms with E-state index in [1.54, 1.807) is 28.6 Å². The van der Waals surface area contributed by atoms with Crippen molar-refractivity contribution in [1.82, 2.24) is 30.3 Å². The number of carboxylic acids is 1. The van der Waals surface area contributed by atoms with Crippen LogP contribution in [0.25, 0.3) is 10.9 Å². The van der Waals surface area contributed by atoms with E-state index in [0.29, 0.717) is 41.8 Å².